The van der Waals surface area contributed by atoms with E-state index in [9.17, 15) is 0 Å². The number of hydrogen-bond donors (Lipinski definition) is 1. The summed E-state index contributed by atoms with van der Waals surface area (Å²) >= 11 is 5.90. The average Bonchev–Trinajstić information content (AvgIpc) is 2.27. The Morgan fingerprint density at radius 1 is 1.25 bits per heavy atom. The van der Waals surface area contributed by atoms with E-state index in [2.05, 4.69) is 16.4 Å². The van der Waals surface area contributed by atoms with Crippen LogP contribution >= 0.6 is 11.6 Å². The van der Waals surface area contributed by atoms with Crippen LogP contribution in [0.4, 0.5) is 5.69 Å². The minimum atomic E-state index is 0.743. The fourth-order valence-electron chi connectivity index (χ4n) is 1.52. The fourth-order valence-corrected chi connectivity index (χ4v) is 1.71. The molecule has 0 fully saturated rings. The molecule has 0 spiro atoms. The minimum Gasteiger partial charge on any atom is -0.381 e. The highest BCUT2D eigenvalue weighted by atomic mass is 35.5. The number of nitrogens with zero attached hydrogens (tertiary/aromatic N) is 1. The third-order valence-electron chi connectivity index (χ3n) is 2.25. The van der Waals surface area contributed by atoms with Crippen LogP contribution < -0.4 is 5.32 Å². The van der Waals surface area contributed by atoms with E-state index in [1.54, 1.807) is 0 Å². The molecule has 0 radical (unpaired) electrons. The molecule has 0 bridgehead atoms. The number of anilines is 1. The van der Waals surface area contributed by atoms with E-state index in [0.29, 0.717) is 0 Å². The average molecular weight is 233 g/mol. The van der Waals surface area contributed by atoms with Gasteiger partial charge in [0.1, 0.15) is 0 Å². The minimum absolute atomic E-state index is 0.743. The normalized spacial score (nSPS) is 10.1. The Bertz CT molecular complexity index is 437. The van der Waals surface area contributed by atoms with Crippen molar-refractivity contribution in [3.05, 3.63) is 58.9 Å². The van der Waals surface area contributed by atoms with Gasteiger partial charge >= 0.3 is 0 Å². The van der Waals surface area contributed by atoms with Gasteiger partial charge in [0.15, 0.2) is 0 Å². The number of benzene rings is 1. The molecule has 1 aromatic carbocycles. The van der Waals surface area contributed by atoms with Crippen molar-refractivity contribution in [3.8, 4) is 0 Å². The van der Waals surface area contributed by atoms with Crippen molar-refractivity contribution in [2.24, 2.45) is 0 Å². The Morgan fingerprint density at radius 3 is 2.88 bits per heavy atom. The maximum Gasteiger partial charge on any atom is 0.0426 e. The summed E-state index contributed by atoms with van der Waals surface area (Å²) in [6.45, 7) is 2.80. The van der Waals surface area contributed by atoms with Gasteiger partial charge in [-0.15, -0.1) is 0 Å². The van der Waals surface area contributed by atoms with Crippen LogP contribution in [0.15, 0.2) is 42.7 Å². The lowest BCUT2D eigenvalue weighted by Gasteiger charge is -2.06. The van der Waals surface area contributed by atoms with Gasteiger partial charge in [0.25, 0.3) is 0 Å². The van der Waals surface area contributed by atoms with Crippen molar-refractivity contribution in [3.63, 3.8) is 0 Å². The smallest absolute Gasteiger partial charge is 0.0426 e. The van der Waals surface area contributed by atoms with Crippen LogP contribution in [0.25, 0.3) is 0 Å². The van der Waals surface area contributed by atoms with Gasteiger partial charge in [-0.2, -0.15) is 0 Å². The van der Waals surface area contributed by atoms with Gasteiger partial charge in [-0.3, -0.25) is 4.98 Å². The van der Waals surface area contributed by atoms with E-state index < -0.39 is 0 Å². The first-order valence-corrected chi connectivity index (χ1v) is 5.52. The standard InChI is InChI=1S/C13H13ClN2/c1-10-5-11(8-15-7-10)9-16-13-4-2-3-12(14)6-13/h2-8,16H,9H2,1H3. The van der Waals surface area contributed by atoms with Gasteiger partial charge in [-0.1, -0.05) is 23.7 Å². The van der Waals surface area contributed by atoms with Crippen molar-refractivity contribution >= 4 is 17.3 Å². The Morgan fingerprint density at radius 2 is 2.12 bits per heavy atom. The highest BCUT2D eigenvalue weighted by Gasteiger charge is 1.96. The molecule has 1 aromatic heterocycles. The summed E-state index contributed by atoms with van der Waals surface area (Å²) < 4.78 is 0. The molecule has 82 valence electrons. The first-order valence-electron chi connectivity index (χ1n) is 5.14. The number of aryl methyl sites for hydroxylation is 1. The molecule has 0 saturated carbocycles. The van der Waals surface area contributed by atoms with Gasteiger partial charge in [-0.25, -0.2) is 0 Å². The van der Waals surface area contributed by atoms with Crippen LogP contribution in [0.5, 0.6) is 0 Å². The van der Waals surface area contributed by atoms with Crippen LogP contribution in [-0.2, 0) is 6.54 Å². The first kappa shape index (κ1) is 11.0. The number of aromatic nitrogens is 1. The van der Waals surface area contributed by atoms with Crippen molar-refractivity contribution < 1.29 is 0 Å². The Hall–Kier alpha value is -1.54. The van der Waals surface area contributed by atoms with E-state index >= 15 is 0 Å². The van der Waals surface area contributed by atoms with E-state index in [-0.39, 0.29) is 0 Å². The van der Waals surface area contributed by atoms with Crippen molar-refractivity contribution in [2.75, 3.05) is 5.32 Å². The molecule has 2 nitrogen and oxygen atoms in total. The van der Waals surface area contributed by atoms with E-state index in [4.69, 9.17) is 11.6 Å². The molecular formula is C13H13ClN2. The van der Waals surface area contributed by atoms with E-state index in [1.165, 1.54) is 11.1 Å². The fraction of sp³-hybridized carbons (Fsp3) is 0.154. The third kappa shape index (κ3) is 2.97. The van der Waals surface area contributed by atoms with Crippen molar-refractivity contribution in [2.45, 2.75) is 13.5 Å². The summed E-state index contributed by atoms with van der Waals surface area (Å²) in [6, 6.07) is 9.81. The molecule has 0 aliphatic rings. The van der Waals surface area contributed by atoms with E-state index in [1.807, 2.05) is 43.6 Å². The molecule has 0 atom stereocenters. The van der Waals surface area contributed by atoms with Gasteiger partial charge in [0.2, 0.25) is 0 Å². The highest BCUT2D eigenvalue weighted by Crippen LogP contribution is 2.15. The second kappa shape index (κ2) is 4.99. The number of halogens is 1. The van der Waals surface area contributed by atoms with Gasteiger partial charge < -0.3 is 5.32 Å². The molecule has 0 saturated heterocycles. The molecular weight excluding hydrogens is 220 g/mol. The Kier molecular flexibility index (Phi) is 3.42. The molecule has 0 aliphatic carbocycles. The monoisotopic (exact) mass is 232 g/mol. The first-order chi connectivity index (χ1) is 7.74. The molecule has 3 heteroatoms. The summed E-state index contributed by atoms with van der Waals surface area (Å²) in [4.78, 5) is 4.15. The zero-order chi connectivity index (χ0) is 11.4. The zero-order valence-corrected chi connectivity index (χ0v) is 9.83. The number of nitrogens with one attached hydrogen (secondary N) is 1. The molecule has 2 rings (SSSR count). The van der Waals surface area contributed by atoms with E-state index in [0.717, 1.165) is 17.3 Å². The largest absolute Gasteiger partial charge is 0.381 e. The predicted octanol–water partition coefficient (Wildman–Crippen LogP) is 3.66. The van der Waals surface area contributed by atoms with Gasteiger partial charge in [-0.05, 0) is 36.2 Å². The number of hydrogen-bond acceptors (Lipinski definition) is 2. The summed E-state index contributed by atoms with van der Waals surface area (Å²) in [7, 11) is 0. The van der Waals surface area contributed by atoms with Crippen LogP contribution in [-0.4, -0.2) is 4.98 Å². The number of rotatable bonds is 3. The van der Waals surface area contributed by atoms with Crippen LogP contribution in [0.2, 0.25) is 5.02 Å². The molecule has 0 amide bonds. The van der Waals surface area contributed by atoms with Gasteiger partial charge in [0, 0.05) is 29.6 Å². The summed E-state index contributed by atoms with van der Waals surface area (Å²) in [5.74, 6) is 0. The molecule has 1 N–H and O–H groups in total. The second-order valence-electron chi connectivity index (χ2n) is 3.73. The molecule has 2 aromatic rings. The second-order valence-corrected chi connectivity index (χ2v) is 4.17. The maximum atomic E-state index is 5.90. The lowest BCUT2D eigenvalue weighted by Crippen LogP contribution is -1.99. The maximum absolute atomic E-state index is 5.90. The molecule has 0 unspecified atom stereocenters. The molecule has 1 heterocycles. The molecule has 16 heavy (non-hydrogen) atoms. The zero-order valence-electron chi connectivity index (χ0n) is 9.07. The van der Waals surface area contributed by atoms with Crippen LogP contribution in [0, 0.1) is 6.92 Å². The highest BCUT2D eigenvalue weighted by molar-refractivity contribution is 6.30. The quantitative estimate of drug-likeness (QED) is 0.874. The lowest BCUT2D eigenvalue weighted by atomic mass is 10.2. The third-order valence-corrected chi connectivity index (χ3v) is 2.49. The van der Waals surface area contributed by atoms with Gasteiger partial charge in [0.05, 0.1) is 0 Å². The summed E-state index contributed by atoms with van der Waals surface area (Å²) in [6.07, 6.45) is 3.72. The number of pyridine rings is 1. The Labute approximate surface area is 100 Å². The van der Waals surface area contributed by atoms with Crippen molar-refractivity contribution in [1.29, 1.82) is 0 Å². The summed E-state index contributed by atoms with van der Waals surface area (Å²) in [5, 5.41) is 4.05. The predicted molar refractivity (Wildman–Crippen MR) is 67.8 cm³/mol. The Balaban J connectivity index is 2.02. The van der Waals surface area contributed by atoms with Crippen molar-refractivity contribution in [1.82, 2.24) is 4.98 Å². The topological polar surface area (TPSA) is 24.9 Å². The molecule has 0 aliphatic heterocycles. The lowest BCUT2D eigenvalue weighted by molar-refractivity contribution is 1.10. The summed E-state index contributed by atoms with van der Waals surface area (Å²) in [5.41, 5.74) is 3.36. The van der Waals surface area contributed by atoms with Crippen LogP contribution in [0.3, 0.4) is 0 Å². The van der Waals surface area contributed by atoms with Crippen LogP contribution in [0.1, 0.15) is 11.1 Å². The SMILES string of the molecule is Cc1cncc(CNc2cccc(Cl)c2)c1.